The van der Waals surface area contributed by atoms with Crippen molar-refractivity contribution in [3.63, 3.8) is 0 Å². The van der Waals surface area contributed by atoms with Crippen molar-refractivity contribution in [2.75, 3.05) is 43.1 Å². The maximum atomic E-state index is 12.6. The summed E-state index contributed by atoms with van der Waals surface area (Å²) < 4.78 is 25.0. The molecule has 1 aliphatic heterocycles. The third kappa shape index (κ3) is 5.63. The average molecular weight is 490 g/mol. The highest BCUT2D eigenvalue weighted by Crippen LogP contribution is 2.33. The first kappa shape index (κ1) is 23.1. The maximum absolute atomic E-state index is 12.6. The molecular weight excluding hydrogens is 462 g/mol. The number of para-hydroxylation sites is 1. The SMILES string of the molecule is CS(=O)(=O)c1cccc2sc(N3CCN(C(=O)CCCSCc4ccccc4)CC3)nc12. The minimum atomic E-state index is -3.32. The van der Waals surface area contributed by atoms with E-state index in [0.717, 1.165) is 27.8 Å². The number of carbonyl (C=O) groups is 1. The zero-order chi connectivity index (χ0) is 22.6. The van der Waals surface area contributed by atoms with E-state index in [1.54, 1.807) is 12.1 Å². The molecule has 3 aromatic rings. The minimum absolute atomic E-state index is 0.216. The van der Waals surface area contributed by atoms with Crippen LogP contribution in [0.3, 0.4) is 0 Å². The van der Waals surface area contributed by atoms with Crippen LogP contribution in [0.4, 0.5) is 5.13 Å². The topological polar surface area (TPSA) is 70.6 Å². The summed E-state index contributed by atoms with van der Waals surface area (Å²) >= 11 is 3.37. The van der Waals surface area contributed by atoms with E-state index >= 15 is 0 Å². The van der Waals surface area contributed by atoms with Gasteiger partial charge >= 0.3 is 0 Å². The number of anilines is 1. The molecule has 1 saturated heterocycles. The van der Waals surface area contributed by atoms with Crippen LogP contribution < -0.4 is 4.90 Å². The van der Waals surface area contributed by atoms with Gasteiger partial charge in [-0.25, -0.2) is 13.4 Å². The van der Waals surface area contributed by atoms with Crippen LogP contribution in [-0.4, -0.2) is 62.4 Å². The van der Waals surface area contributed by atoms with E-state index in [1.807, 2.05) is 28.8 Å². The zero-order valence-corrected chi connectivity index (χ0v) is 20.5. The largest absolute Gasteiger partial charge is 0.345 e. The van der Waals surface area contributed by atoms with Gasteiger partial charge in [0.2, 0.25) is 5.91 Å². The number of hydrogen-bond acceptors (Lipinski definition) is 7. The number of sulfone groups is 1. The molecule has 0 radical (unpaired) electrons. The third-order valence-electron chi connectivity index (χ3n) is 5.46. The molecule has 1 aromatic heterocycles. The Hall–Kier alpha value is -2.10. The Kier molecular flexibility index (Phi) is 7.37. The van der Waals surface area contributed by atoms with Crippen LogP contribution in [0.5, 0.6) is 0 Å². The number of rotatable bonds is 8. The van der Waals surface area contributed by atoms with E-state index in [9.17, 15) is 13.2 Å². The Morgan fingerprint density at radius 2 is 1.81 bits per heavy atom. The molecule has 2 aromatic carbocycles. The quantitative estimate of drug-likeness (QED) is 0.445. The van der Waals surface area contributed by atoms with Crippen molar-refractivity contribution in [3.05, 3.63) is 54.1 Å². The molecule has 0 unspecified atom stereocenters. The molecule has 9 heteroatoms. The van der Waals surface area contributed by atoms with E-state index in [-0.39, 0.29) is 10.8 Å². The first-order chi connectivity index (χ1) is 15.4. The highest BCUT2D eigenvalue weighted by Gasteiger charge is 2.24. The molecule has 1 fully saturated rings. The maximum Gasteiger partial charge on any atom is 0.222 e. The summed E-state index contributed by atoms with van der Waals surface area (Å²) in [5.74, 6) is 2.18. The van der Waals surface area contributed by atoms with Gasteiger partial charge in [0.25, 0.3) is 0 Å². The normalized spacial score (nSPS) is 14.8. The van der Waals surface area contributed by atoms with E-state index in [4.69, 9.17) is 0 Å². The molecule has 0 bridgehead atoms. The molecule has 0 spiro atoms. The van der Waals surface area contributed by atoms with Gasteiger partial charge in [-0.2, -0.15) is 11.8 Å². The van der Waals surface area contributed by atoms with Crippen LogP contribution in [0.2, 0.25) is 0 Å². The molecule has 0 aliphatic carbocycles. The summed E-state index contributed by atoms with van der Waals surface area (Å²) in [5.41, 5.74) is 1.86. The average Bonchev–Trinajstić information content (AvgIpc) is 3.23. The Morgan fingerprint density at radius 1 is 1.06 bits per heavy atom. The monoisotopic (exact) mass is 489 g/mol. The number of carbonyl (C=O) groups excluding carboxylic acids is 1. The predicted molar refractivity (Wildman–Crippen MR) is 133 cm³/mol. The molecule has 0 N–H and O–H groups in total. The highest BCUT2D eigenvalue weighted by molar-refractivity contribution is 7.98. The molecule has 1 aliphatic rings. The van der Waals surface area contributed by atoms with Crippen molar-refractivity contribution in [2.24, 2.45) is 0 Å². The van der Waals surface area contributed by atoms with Gasteiger partial charge in [-0.15, -0.1) is 0 Å². The lowest BCUT2D eigenvalue weighted by Gasteiger charge is -2.34. The van der Waals surface area contributed by atoms with E-state index in [2.05, 4.69) is 34.1 Å². The number of fused-ring (bicyclic) bond motifs is 1. The van der Waals surface area contributed by atoms with Gasteiger partial charge in [0.05, 0.1) is 9.60 Å². The third-order valence-corrected chi connectivity index (χ3v) is 8.79. The summed E-state index contributed by atoms with van der Waals surface area (Å²) in [6.07, 6.45) is 2.69. The van der Waals surface area contributed by atoms with Crippen molar-refractivity contribution in [2.45, 2.75) is 23.5 Å². The van der Waals surface area contributed by atoms with Gasteiger partial charge < -0.3 is 9.80 Å². The predicted octanol–water partition coefficient (Wildman–Crippen LogP) is 4.06. The number of thiazole rings is 1. The smallest absolute Gasteiger partial charge is 0.222 e. The second-order valence-electron chi connectivity index (χ2n) is 7.88. The Balaban J connectivity index is 1.25. The van der Waals surface area contributed by atoms with E-state index in [1.165, 1.54) is 23.2 Å². The molecule has 32 heavy (non-hydrogen) atoms. The summed E-state index contributed by atoms with van der Waals surface area (Å²) in [4.78, 5) is 21.6. The Labute approximate surface area is 197 Å². The summed E-state index contributed by atoms with van der Waals surface area (Å²) in [6.45, 7) is 2.76. The molecule has 0 atom stereocenters. The number of benzene rings is 2. The van der Waals surface area contributed by atoms with Gasteiger partial charge in [-0.3, -0.25) is 4.79 Å². The van der Waals surface area contributed by atoms with Crippen molar-refractivity contribution < 1.29 is 13.2 Å². The first-order valence-electron chi connectivity index (χ1n) is 10.7. The summed E-state index contributed by atoms with van der Waals surface area (Å²) in [6, 6.07) is 15.7. The number of nitrogens with zero attached hydrogens (tertiary/aromatic N) is 3. The van der Waals surface area contributed by atoms with Gasteiger partial charge in [0.15, 0.2) is 15.0 Å². The van der Waals surface area contributed by atoms with Crippen LogP contribution in [0.25, 0.3) is 10.2 Å². The number of amides is 1. The fraction of sp³-hybridized carbons (Fsp3) is 0.391. The molecule has 1 amide bonds. The molecule has 4 rings (SSSR count). The van der Waals surface area contributed by atoms with Gasteiger partial charge in [-0.1, -0.05) is 47.7 Å². The van der Waals surface area contributed by atoms with Crippen molar-refractivity contribution in [1.29, 1.82) is 0 Å². The first-order valence-corrected chi connectivity index (χ1v) is 14.5. The summed E-state index contributed by atoms with van der Waals surface area (Å²) in [7, 11) is -3.32. The molecule has 0 saturated carbocycles. The van der Waals surface area contributed by atoms with Crippen LogP contribution in [0.15, 0.2) is 53.4 Å². The Morgan fingerprint density at radius 3 is 2.53 bits per heavy atom. The van der Waals surface area contributed by atoms with Crippen LogP contribution in [0, 0.1) is 0 Å². The molecular formula is C23H27N3O3S3. The van der Waals surface area contributed by atoms with Gasteiger partial charge in [0, 0.05) is 44.6 Å². The fourth-order valence-electron chi connectivity index (χ4n) is 3.74. The van der Waals surface area contributed by atoms with Gasteiger partial charge in [0.1, 0.15) is 5.52 Å². The minimum Gasteiger partial charge on any atom is -0.345 e. The zero-order valence-electron chi connectivity index (χ0n) is 18.1. The second kappa shape index (κ2) is 10.2. The standard InChI is InChI=1S/C23H27N3O3S3/c1-32(28,29)20-10-5-9-19-22(20)24-23(31-19)26-14-12-25(13-15-26)21(27)11-6-16-30-17-18-7-3-2-4-8-18/h2-5,7-10H,6,11-17H2,1H3. The molecule has 170 valence electrons. The number of aromatic nitrogens is 1. The van der Waals surface area contributed by atoms with Crippen LogP contribution in [-0.2, 0) is 20.4 Å². The van der Waals surface area contributed by atoms with Crippen molar-refractivity contribution in [1.82, 2.24) is 9.88 Å². The highest BCUT2D eigenvalue weighted by atomic mass is 32.2. The van der Waals surface area contributed by atoms with Crippen molar-refractivity contribution in [3.8, 4) is 0 Å². The van der Waals surface area contributed by atoms with E-state index in [0.29, 0.717) is 38.1 Å². The van der Waals surface area contributed by atoms with Crippen LogP contribution >= 0.6 is 23.1 Å². The number of hydrogen-bond donors (Lipinski definition) is 0. The van der Waals surface area contributed by atoms with E-state index < -0.39 is 9.84 Å². The number of piperazine rings is 1. The van der Waals surface area contributed by atoms with Crippen LogP contribution in [0.1, 0.15) is 18.4 Å². The lowest BCUT2D eigenvalue weighted by molar-refractivity contribution is -0.131. The molecule has 6 nitrogen and oxygen atoms in total. The lowest BCUT2D eigenvalue weighted by atomic mass is 10.2. The van der Waals surface area contributed by atoms with Gasteiger partial charge in [-0.05, 0) is 29.9 Å². The summed E-state index contributed by atoms with van der Waals surface area (Å²) in [5, 5.41) is 0.820. The lowest BCUT2D eigenvalue weighted by Crippen LogP contribution is -2.48. The fourth-order valence-corrected chi connectivity index (χ4v) is 6.60. The Bertz CT molecular complexity index is 1170. The number of thioether (sulfide) groups is 1. The van der Waals surface area contributed by atoms with Crippen molar-refractivity contribution >= 4 is 54.2 Å². The molecule has 2 heterocycles. The second-order valence-corrected chi connectivity index (χ2v) is 12.0.